The Labute approximate surface area is 136 Å². The Kier molecular flexibility index (Phi) is 3.51. The monoisotopic (exact) mass is 314 g/mol. The number of benzene rings is 1. The first-order valence-corrected chi connectivity index (χ1v) is 8.50. The molecule has 0 bridgehead atoms. The fourth-order valence-corrected chi connectivity index (χ4v) is 3.43. The van der Waals surface area contributed by atoms with Crippen LogP contribution in [0.2, 0.25) is 0 Å². The summed E-state index contributed by atoms with van der Waals surface area (Å²) in [5.41, 5.74) is 0.681. The van der Waals surface area contributed by atoms with Gasteiger partial charge in [-0.1, -0.05) is 12.1 Å². The Hall–Kier alpha value is -2.04. The van der Waals surface area contributed by atoms with Crippen molar-refractivity contribution in [2.24, 2.45) is 11.8 Å². The van der Waals surface area contributed by atoms with Crippen LogP contribution in [0.4, 0.5) is 5.69 Å². The molecule has 1 aliphatic heterocycles. The third kappa shape index (κ3) is 2.92. The number of ether oxygens (including phenoxy) is 1. The van der Waals surface area contributed by atoms with E-state index in [4.69, 9.17) is 4.74 Å². The average molecular weight is 314 g/mol. The molecule has 23 heavy (non-hydrogen) atoms. The van der Waals surface area contributed by atoms with Crippen molar-refractivity contribution in [3.8, 4) is 5.75 Å². The first-order valence-electron chi connectivity index (χ1n) is 8.50. The van der Waals surface area contributed by atoms with Crippen molar-refractivity contribution in [3.63, 3.8) is 0 Å². The number of nitrogens with one attached hydrogen (secondary N) is 1. The quantitative estimate of drug-likeness (QED) is 0.905. The van der Waals surface area contributed by atoms with Gasteiger partial charge in [-0.15, -0.1) is 0 Å². The van der Waals surface area contributed by atoms with Crippen molar-refractivity contribution in [1.29, 1.82) is 0 Å². The van der Waals surface area contributed by atoms with Gasteiger partial charge in [0.25, 0.3) is 5.91 Å². The molecule has 2 fully saturated rings. The van der Waals surface area contributed by atoms with Crippen LogP contribution in [0.15, 0.2) is 24.3 Å². The number of carbonyl (C=O) groups excluding carboxylic acids is 2. The van der Waals surface area contributed by atoms with Gasteiger partial charge in [0.2, 0.25) is 5.91 Å². The molecule has 2 aliphatic carbocycles. The summed E-state index contributed by atoms with van der Waals surface area (Å²) in [6.07, 6.45) is 4.32. The minimum Gasteiger partial charge on any atom is -0.479 e. The van der Waals surface area contributed by atoms with Gasteiger partial charge in [0.15, 0.2) is 6.10 Å². The molecule has 5 nitrogen and oxygen atoms in total. The number of anilines is 1. The van der Waals surface area contributed by atoms with E-state index in [0.29, 0.717) is 29.3 Å². The van der Waals surface area contributed by atoms with Crippen molar-refractivity contribution in [1.82, 2.24) is 5.32 Å². The number of para-hydroxylation sites is 2. The fraction of sp³-hybridized carbons (Fsp3) is 0.556. The van der Waals surface area contributed by atoms with Crippen LogP contribution >= 0.6 is 0 Å². The molecule has 1 heterocycles. The molecule has 5 heteroatoms. The van der Waals surface area contributed by atoms with E-state index in [2.05, 4.69) is 5.32 Å². The van der Waals surface area contributed by atoms with E-state index < -0.39 is 6.10 Å². The van der Waals surface area contributed by atoms with Crippen LogP contribution in [0.3, 0.4) is 0 Å². The topological polar surface area (TPSA) is 58.6 Å². The molecule has 3 aliphatic rings. The molecule has 1 N–H and O–H groups in total. The highest BCUT2D eigenvalue weighted by atomic mass is 16.5. The summed E-state index contributed by atoms with van der Waals surface area (Å²) in [5, 5.41) is 3.18. The Morgan fingerprint density at radius 2 is 1.91 bits per heavy atom. The van der Waals surface area contributed by atoms with Crippen molar-refractivity contribution in [2.45, 2.75) is 44.8 Å². The number of carbonyl (C=O) groups is 2. The number of hydrogen-bond acceptors (Lipinski definition) is 3. The van der Waals surface area contributed by atoms with Crippen LogP contribution in [0.25, 0.3) is 0 Å². The second kappa shape index (κ2) is 5.55. The highest BCUT2D eigenvalue weighted by Gasteiger charge is 2.42. The maximum absolute atomic E-state index is 12.5. The maximum Gasteiger partial charge on any atom is 0.268 e. The Morgan fingerprint density at radius 1 is 1.26 bits per heavy atom. The highest BCUT2D eigenvalue weighted by Crippen LogP contribution is 2.44. The summed E-state index contributed by atoms with van der Waals surface area (Å²) >= 11 is 0. The molecular weight excluding hydrogens is 292 g/mol. The zero-order valence-corrected chi connectivity index (χ0v) is 13.3. The standard InChI is InChI=1S/C18H22N2O3/c1-11-18(22)20(14-4-2-3-5-15(14)23-11)10-16(21)19-17(12-6-7-12)13-8-9-13/h2-5,11-13,17H,6-10H2,1H3,(H,19,21)/t11-/m1/s1. The molecule has 122 valence electrons. The van der Waals surface area contributed by atoms with Gasteiger partial charge in [0.05, 0.1) is 5.69 Å². The molecule has 0 saturated heterocycles. The maximum atomic E-state index is 12.5. The third-order valence-electron chi connectivity index (χ3n) is 4.96. The molecular formula is C18H22N2O3. The predicted molar refractivity (Wildman–Crippen MR) is 86.3 cm³/mol. The number of rotatable bonds is 5. The van der Waals surface area contributed by atoms with E-state index in [0.717, 1.165) is 0 Å². The zero-order chi connectivity index (χ0) is 16.0. The summed E-state index contributed by atoms with van der Waals surface area (Å²) in [5.74, 6) is 1.74. The summed E-state index contributed by atoms with van der Waals surface area (Å²) in [4.78, 5) is 26.5. The lowest BCUT2D eigenvalue weighted by molar-refractivity contribution is -0.128. The average Bonchev–Trinajstić information content (AvgIpc) is 3.42. The fourth-order valence-electron chi connectivity index (χ4n) is 3.43. The molecule has 1 atom stereocenters. The molecule has 2 amide bonds. The van der Waals surface area contributed by atoms with Gasteiger partial charge in [-0.3, -0.25) is 14.5 Å². The van der Waals surface area contributed by atoms with Crippen molar-refractivity contribution >= 4 is 17.5 Å². The second-order valence-electron chi connectivity index (χ2n) is 6.92. The lowest BCUT2D eigenvalue weighted by Gasteiger charge is -2.33. The summed E-state index contributed by atoms with van der Waals surface area (Å²) in [6.45, 7) is 1.79. The van der Waals surface area contributed by atoms with Crippen LogP contribution in [0, 0.1) is 11.8 Å². The molecule has 0 aromatic heterocycles. The van der Waals surface area contributed by atoms with Gasteiger partial charge in [-0.25, -0.2) is 0 Å². The van der Waals surface area contributed by atoms with Gasteiger partial charge < -0.3 is 10.1 Å². The smallest absolute Gasteiger partial charge is 0.268 e. The van der Waals surface area contributed by atoms with E-state index in [1.54, 1.807) is 11.8 Å². The number of hydrogen-bond donors (Lipinski definition) is 1. The zero-order valence-electron chi connectivity index (χ0n) is 13.3. The molecule has 0 unspecified atom stereocenters. The van der Waals surface area contributed by atoms with E-state index in [1.807, 2.05) is 24.3 Å². The largest absolute Gasteiger partial charge is 0.479 e. The lowest BCUT2D eigenvalue weighted by atomic mass is 10.1. The lowest BCUT2D eigenvalue weighted by Crippen LogP contribution is -2.50. The summed E-state index contributed by atoms with van der Waals surface area (Å²) in [6, 6.07) is 7.70. The first-order chi connectivity index (χ1) is 11.1. The van der Waals surface area contributed by atoms with Crippen LogP contribution in [-0.4, -0.2) is 30.5 Å². The second-order valence-corrected chi connectivity index (χ2v) is 6.92. The number of fused-ring (bicyclic) bond motifs is 1. The molecule has 2 saturated carbocycles. The van der Waals surface area contributed by atoms with Crippen molar-refractivity contribution in [3.05, 3.63) is 24.3 Å². The number of nitrogens with zero attached hydrogens (tertiary/aromatic N) is 1. The van der Waals surface area contributed by atoms with E-state index >= 15 is 0 Å². The predicted octanol–water partition coefficient (Wildman–Crippen LogP) is 2.11. The number of amides is 2. The molecule has 0 spiro atoms. The van der Waals surface area contributed by atoms with Crippen LogP contribution in [0.1, 0.15) is 32.6 Å². The van der Waals surface area contributed by atoms with Gasteiger partial charge in [-0.2, -0.15) is 0 Å². The Bertz CT molecular complexity index is 625. The van der Waals surface area contributed by atoms with Gasteiger partial charge >= 0.3 is 0 Å². The minimum absolute atomic E-state index is 0.0638. The van der Waals surface area contributed by atoms with E-state index in [-0.39, 0.29) is 18.4 Å². The van der Waals surface area contributed by atoms with Crippen molar-refractivity contribution in [2.75, 3.05) is 11.4 Å². The highest BCUT2D eigenvalue weighted by molar-refractivity contribution is 6.03. The molecule has 0 radical (unpaired) electrons. The first kappa shape index (κ1) is 14.5. The van der Waals surface area contributed by atoms with E-state index in [1.165, 1.54) is 25.7 Å². The normalized spacial score (nSPS) is 23.5. The minimum atomic E-state index is -0.555. The van der Waals surface area contributed by atoms with Crippen LogP contribution in [0.5, 0.6) is 5.75 Å². The SMILES string of the molecule is C[C@H]1Oc2ccccc2N(CC(=O)NC(C2CC2)C2CC2)C1=O. The summed E-state index contributed by atoms with van der Waals surface area (Å²) < 4.78 is 5.61. The van der Waals surface area contributed by atoms with Gasteiger partial charge in [0, 0.05) is 6.04 Å². The third-order valence-corrected chi connectivity index (χ3v) is 4.96. The molecule has 1 aromatic rings. The van der Waals surface area contributed by atoms with Crippen LogP contribution < -0.4 is 15.0 Å². The Morgan fingerprint density at radius 3 is 2.57 bits per heavy atom. The summed E-state index contributed by atoms with van der Waals surface area (Å²) in [7, 11) is 0. The molecule has 4 rings (SSSR count). The van der Waals surface area contributed by atoms with E-state index in [9.17, 15) is 9.59 Å². The van der Waals surface area contributed by atoms with Gasteiger partial charge in [-0.05, 0) is 56.6 Å². The van der Waals surface area contributed by atoms with Gasteiger partial charge in [0.1, 0.15) is 12.3 Å². The Balaban J connectivity index is 1.48. The van der Waals surface area contributed by atoms with Crippen molar-refractivity contribution < 1.29 is 14.3 Å². The van der Waals surface area contributed by atoms with Crippen LogP contribution in [-0.2, 0) is 9.59 Å². The molecule has 1 aromatic carbocycles.